The van der Waals surface area contributed by atoms with Crippen LogP contribution in [0.1, 0.15) is 26.4 Å². The van der Waals surface area contributed by atoms with Gasteiger partial charge in [-0.15, -0.1) is 11.3 Å². The molecular formula is C19H16N2O4S. The van der Waals surface area contributed by atoms with Crippen LogP contribution in [0.15, 0.2) is 59.4 Å². The number of esters is 1. The van der Waals surface area contributed by atoms with Crippen molar-refractivity contribution in [1.82, 2.24) is 4.98 Å². The highest BCUT2D eigenvalue weighted by Gasteiger charge is 2.14. The van der Waals surface area contributed by atoms with E-state index in [-0.39, 0.29) is 12.5 Å². The van der Waals surface area contributed by atoms with Crippen molar-refractivity contribution >= 4 is 28.9 Å². The van der Waals surface area contributed by atoms with Crippen molar-refractivity contribution in [3.05, 3.63) is 76.2 Å². The Morgan fingerprint density at radius 1 is 1.15 bits per heavy atom. The SMILES string of the molecule is COC(=O)c1cccc(NC(=O)c2ccccc2OCc2cscn2)c1. The number of hydrogen-bond donors (Lipinski definition) is 1. The van der Waals surface area contributed by atoms with Gasteiger partial charge in [-0.2, -0.15) is 0 Å². The number of ether oxygens (including phenoxy) is 2. The lowest BCUT2D eigenvalue weighted by atomic mass is 10.1. The van der Waals surface area contributed by atoms with Crippen molar-refractivity contribution in [1.29, 1.82) is 0 Å². The lowest BCUT2D eigenvalue weighted by Gasteiger charge is -2.11. The summed E-state index contributed by atoms with van der Waals surface area (Å²) in [6.07, 6.45) is 0. The third kappa shape index (κ3) is 4.25. The van der Waals surface area contributed by atoms with Gasteiger partial charge in [0, 0.05) is 11.1 Å². The quantitative estimate of drug-likeness (QED) is 0.670. The molecule has 0 saturated carbocycles. The molecule has 0 unspecified atom stereocenters. The summed E-state index contributed by atoms with van der Waals surface area (Å²) >= 11 is 1.48. The van der Waals surface area contributed by atoms with Crippen molar-refractivity contribution in [2.45, 2.75) is 6.61 Å². The summed E-state index contributed by atoms with van der Waals surface area (Å²) in [4.78, 5) is 28.4. The monoisotopic (exact) mass is 368 g/mol. The van der Waals surface area contributed by atoms with Gasteiger partial charge in [0.05, 0.1) is 29.4 Å². The van der Waals surface area contributed by atoms with Crippen LogP contribution in [-0.4, -0.2) is 24.0 Å². The Labute approximate surface area is 154 Å². The lowest BCUT2D eigenvalue weighted by molar-refractivity contribution is 0.0600. The van der Waals surface area contributed by atoms with E-state index in [1.807, 2.05) is 5.38 Å². The van der Waals surface area contributed by atoms with E-state index in [4.69, 9.17) is 9.47 Å². The van der Waals surface area contributed by atoms with E-state index in [9.17, 15) is 9.59 Å². The van der Waals surface area contributed by atoms with E-state index >= 15 is 0 Å². The van der Waals surface area contributed by atoms with Crippen molar-refractivity contribution < 1.29 is 19.1 Å². The molecule has 0 saturated heterocycles. The molecule has 1 heterocycles. The molecule has 1 N–H and O–H groups in total. The zero-order chi connectivity index (χ0) is 18.4. The molecule has 0 spiro atoms. The number of hydrogen-bond acceptors (Lipinski definition) is 6. The number of benzene rings is 2. The molecule has 0 fully saturated rings. The molecule has 7 heteroatoms. The van der Waals surface area contributed by atoms with Crippen molar-refractivity contribution in [2.24, 2.45) is 0 Å². The number of carbonyl (C=O) groups excluding carboxylic acids is 2. The van der Waals surface area contributed by atoms with Crippen molar-refractivity contribution in [3.8, 4) is 5.75 Å². The smallest absolute Gasteiger partial charge is 0.337 e. The summed E-state index contributed by atoms with van der Waals surface area (Å²) in [5, 5.41) is 4.66. The largest absolute Gasteiger partial charge is 0.486 e. The van der Waals surface area contributed by atoms with E-state index in [0.717, 1.165) is 5.69 Å². The van der Waals surface area contributed by atoms with Crippen LogP contribution in [0.5, 0.6) is 5.75 Å². The number of aromatic nitrogens is 1. The number of anilines is 1. The van der Waals surface area contributed by atoms with Crippen molar-refractivity contribution in [2.75, 3.05) is 12.4 Å². The summed E-state index contributed by atoms with van der Waals surface area (Å²) in [7, 11) is 1.31. The molecule has 132 valence electrons. The summed E-state index contributed by atoms with van der Waals surface area (Å²) in [6.45, 7) is 0.283. The Balaban J connectivity index is 1.75. The maximum absolute atomic E-state index is 12.6. The molecule has 0 bridgehead atoms. The standard InChI is InChI=1S/C19H16N2O4S/c1-24-19(23)13-5-4-6-14(9-13)21-18(22)16-7-2-3-8-17(16)25-10-15-11-26-12-20-15/h2-9,11-12H,10H2,1H3,(H,21,22). The van der Waals surface area contributed by atoms with Gasteiger partial charge >= 0.3 is 5.97 Å². The molecular weight excluding hydrogens is 352 g/mol. The molecule has 0 radical (unpaired) electrons. The molecule has 6 nitrogen and oxygen atoms in total. The summed E-state index contributed by atoms with van der Waals surface area (Å²) in [5.41, 5.74) is 3.78. The molecule has 1 amide bonds. The third-order valence-corrected chi connectivity index (χ3v) is 4.17. The Hall–Kier alpha value is -3.19. The molecule has 3 rings (SSSR count). The van der Waals surface area contributed by atoms with E-state index in [2.05, 4.69) is 10.3 Å². The van der Waals surface area contributed by atoms with Gasteiger partial charge in [-0.1, -0.05) is 18.2 Å². The maximum Gasteiger partial charge on any atom is 0.337 e. The first-order valence-electron chi connectivity index (χ1n) is 7.76. The van der Waals surface area contributed by atoms with E-state index in [1.54, 1.807) is 54.0 Å². The number of amides is 1. The summed E-state index contributed by atoms with van der Waals surface area (Å²) < 4.78 is 10.4. The lowest BCUT2D eigenvalue weighted by Crippen LogP contribution is -2.14. The fourth-order valence-electron chi connectivity index (χ4n) is 2.28. The van der Waals surface area contributed by atoms with Gasteiger partial charge in [-0.25, -0.2) is 9.78 Å². The molecule has 0 atom stereocenters. The summed E-state index contributed by atoms with van der Waals surface area (Å²) in [5.74, 6) is -0.337. The Bertz CT molecular complexity index is 909. The molecule has 26 heavy (non-hydrogen) atoms. The second kappa shape index (κ2) is 8.26. The fourth-order valence-corrected chi connectivity index (χ4v) is 2.82. The zero-order valence-corrected chi connectivity index (χ0v) is 14.8. The van der Waals surface area contributed by atoms with Gasteiger partial charge in [0.2, 0.25) is 0 Å². The zero-order valence-electron chi connectivity index (χ0n) is 14.0. The minimum absolute atomic E-state index is 0.283. The van der Waals surface area contributed by atoms with E-state index < -0.39 is 5.97 Å². The normalized spacial score (nSPS) is 10.2. The minimum Gasteiger partial charge on any atom is -0.486 e. The number of methoxy groups -OCH3 is 1. The Kier molecular flexibility index (Phi) is 5.60. The minimum atomic E-state index is -0.465. The molecule has 0 aliphatic carbocycles. The number of para-hydroxylation sites is 1. The molecule has 2 aromatic carbocycles. The molecule has 0 aliphatic heterocycles. The first-order chi connectivity index (χ1) is 12.7. The predicted molar refractivity (Wildman–Crippen MR) is 98.6 cm³/mol. The van der Waals surface area contributed by atoms with Crippen LogP contribution in [-0.2, 0) is 11.3 Å². The van der Waals surface area contributed by atoms with Crippen LogP contribution in [0.25, 0.3) is 0 Å². The highest BCUT2D eigenvalue weighted by Crippen LogP contribution is 2.21. The third-order valence-electron chi connectivity index (χ3n) is 3.53. The Morgan fingerprint density at radius 3 is 2.77 bits per heavy atom. The molecule has 1 aromatic heterocycles. The number of carbonyl (C=O) groups is 2. The number of rotatable bonds is 6. The average Bonchev–Trinajstić information content (AvgIpc) is 3.19. The van der Waals surface area contributed by atoms with E-state index in [0.29, 0.717) is 22.6 Å². The van der Waals surface area contributed by atoms with Gasteiger partial charge in [0.25, 0.3) is 5.91 Å². The maximum atomic E-state index is 12.6. The van der Waals surface area contributed by atoms with Crippen LogP contribution in [0.2, 0.25) is 0 Å². The van der Waals surface area contributed by atoms with Crippen LogP contribution in [0.4, 0.5) is 5.69 Å². The van der Waals surface area contributed by atoms with Crippen LogP contribution in [0.3, 0.4) is 0 Å². The summed E-state index contributed by atoms with van der Waals surface area (Å²) in [6, 6.07) is 13.5. The second-order valence-electron chi connectivity index (χ2n) is 5.29. The number of thiazole rings is 1. The highest BCUT2D eigenvalue weighted by atomic mass is 32.1. The predicted octanol–water partition coefficient (Wildman–Crippen LogP) is 3.76. The first kappa shape index (κ1) is 17.6. The van der Waals surface area contributed by atoms with Crippen LogP contribution < -0.4 is 10.1 Å². The van der Waals surface area contributed by atoms with Crippen LogP contribution >= 0.6 is 11.3 Å². The molecule has 0 aliphatic rings. The highest BCUT2D eigenvalue weighted by molar-refractivity contribution is 7.07. The Morgan fingerprint density at radius 2 is 2.00 bits per heavy atom. The van der Waals surface area contributed by atoms with Gasteiger partial charge in [0.1, 0.15) is 12.4 Å². The first-order valence-corrected chi connectivity index (χ1v) is 8.70. The van der Waals surface area contributed by atoms with Crippen LogP contribution in [0, 0.1) is 0 Å². The molecule has 3 aromatic rings. The number of nitrogens with zero attached hydrogens (tertiary/aromatic N) is 1. The van der Waals surface area contributed by atoms with Crippen molar-refractivity contribution in [3.63, 3.8) is 0 Å². The topological polar surface area (TPSA) is 77.5 Å². The van der Waals surface area contributed by atoms with E-state index in [1.165, 1.54) is 18.4 Å². The second-order valence-corrected chi connectivity index (χ2v) is 6.01. The number of nitrogens with one attached hydrogen (secondary N) is 1. The van der Waals surface area contributed by atoms with Gasteiger partial charge < -0.3 is 14.8 Å². The van der Waals surface area contributed by atoms with Gasteiger partial charge in [-0.3, -0.25) is 4.79 Å². The van der Waals surface area contributed by atoms with Gasteiger partial charge in [-0.05, 0) is 30.3 Å². The fraction of sp³-hybridized carbons (Fsp3) is 0.105. The van der Waals surface area contributed by atoms with Gasteiger partial charge in [0.15, 0.2) is 0 Å². The average molecular weight is 368 g/mol.